The SMILES string of the molecule is CC(c1ccc(Br)s1)N1C(=O)c2ccccc2C1O. The minimum absolute atomic E-state index is 0.111. The average molecular weight is 338 g/mol. The van der Waals surface area contributed by atoms with Gasteiger partial charge in [0.15, 0.2) is 6.23 Å². The molecule has 0 radical (unpaired) electrons. The van der Waals surface area contributed by atoms with Crippen LogP contribution in [0.3, 0.4) is 0 Å². The summed E-state index contributed by atoms with van der Waals surface area (Å²) in [6.07, 6.45) is -0.862. The Kier molecular flexibility index (Phi) is 3.20. The zero-order chi connectivity index (χ0) is 13.6. The Morgan fingerprint density at radius 3 is 2.68 bits per heavy atom. The molecule has 0 saturated carbocycles. The summed E-state index contributed by atoms with van der Waals surface area (Å²) in [5, 5.41) is 10.3. The number of hydrogen-bond acceptors (Lipinski definition) is 3. The van der Waals surface area contributed by atoms with Crippen LogP contribution in [0.5, 0.6) is 0 Å². The largest absolute Gasteiger partial charge is 0.369 e. The maximum Gasteiger partial charge on any atom is 0.257 e. The molecule has 3 nitrogen and oxygen atoms in total. The lowest BCUT2D eigenvalue weighted by Gasteiger charge is -2.27. The van der Waals surface area contributed by atoms with Gasteiger partial charge >= 0.3 is 0 Å². The highest BCUT2D eigenvalue weighted by Gasteiger charge is 2.38. The molecule has 1 N–H and O–H groups in total. The number of carbonyl (C=O) groups excluding carboxylic acids is 1. The number of benzene rings is 1. The topological polar surface area (TPSA) is 40.5 Å². The van der Waals surface area contributed by atoms with Crippen molar-refractivity contribution < 1.29 is 9.90 Å². The van der Waals surface area contributed by atoms with Gasteiger partial charge in [0.05, 0.1) is 9.83 Å². The van der Waals surface area contributed by atoms with Gasteiger partial charge in [-0.2, -0.15) is 0 Å². The number of rotatable bonds is 2. The predicted molar refractivity (Wildman–Crippen MR) is 78.0 cm³/mol. The Morgan fingerprint density at radius 1 is 1.32 bits per heavy atom. The molecule has 0 saturated heterocycles. The van der Waals surface area contributed by atoms with Gasteiger partial charge in [-0.1, -0.05) is 18.2 Å². The van der Waals surface area contributed by atoms with Crippen molar-refractivity contribution in [2.75, 3.05) is 0 Å². The number of aliphatic hydroxyl groups is 1. The van der Waals surface area contributed by atoms with Gasteiger partial charge in [-0.3, -0.25) is 4.79 Å². The van der Waals surface area contributed by atoms with E-state index in [2.05, 4.69) is 15.9 Å². The van der Waals surface area contributed by atoms with Crippen molar-refractivity contribution in [1.29, 1.82) is 0 Å². The quantitative estimate of drug-likeness (QED) is 0.907. The zero-order valence-electron chi connectivity index (χ0n) is 10.2. The van der Waals surface area contributed by atoms with Gasteiger partial charge < -0.3 is 10.0 Å². The average Bonchev–Trinajstić information content (AvgIpc) is 2.94. The lowest BCUT2D eigenvalue weighted by atomic mass is 10.1. The molecular formula is C14H12BrNO2S. The van der Waals surface area contributed by atoms with E-state index in [1.54, 1.807) is 23.5 Å². The Bertz CT molecular complexity index is 640. The molecule has 1 aromatic carbocycles. The number of hydrogen-bond donors (Lipinski definition) is 1. The van der Waals surface area contributed by atoms with Crippen molar-refractivity contribution in [3.8, 4) is 0 Å². The Balaban J connectivity index is 1.97. The van der Waals surface area contributed by atoms with Crippen LogP contribution in [0.25, 0.3) is 0 Å². The second-order valence-electron chi connectivity index (χ2n) is 4.49. The maximum absolute atomic E-state index is 12.4. The van der Waals surface area contributed by atoms with Gasteiger partial charge in [0.1, 0.15) is 0 Å². The number of carbonyl (C=O) groups is 1. The number of nitrogens with zero attached hydrogens (tertiary/aromatic N) is 1. The van der Waals surface area contributed by atoms with Crippen molar-refractivity contribution in [2.24, 2.45) is 0 Å². The van der Waals surface area contributed by atoms with E-state index in [-0.39, 0.29) is 11.9 Å². The molecular weight excluding hydrogens is 326 g/mol. The van der Waals surface area contributed by atoms with Crippen molar-refractivity contribution in [2.45, 2.75) is 19.2 Å². The molecule has 5 heteroatoms. The monoisotopic (exact) mass is 337 g/mol. The summed E-state index contributed by atoms with van der Waals surface area (Å²) >= 11 is 5.00. The first kappa shape index (κ1) is 12.8. The lowest BCUT2D eigenvalue weighted by molar-refractivity contribution is 0.000338. The van der Waals surface area contributed by atoms with Gasteiger partial charge in [-0.05, 0) is 41.1 Å². The van der Waals surface area contributed by atoms with Gasteiger partial charge in [-0.25, -0.2) is 0 Å². The van der Waals surface area contributed by atoms with Crippen LogP contribution in [0.2, 0.25) is 0 Å². The van der Waals surface area contributed by atoms with Crippen LogP contribution < -0.4 is 0 Å². The molecule has 1 aliphatic rings. The van der Waals surface area contributed by atoms with Crippen molar-refractivity contribution in [3.63, 3.8) is 0 Å². The molecule has 0 spiro atoms. The number of fused-ring (bicyclic) bond motifs is 1. The molecule has 3 rings (SSSR count). The molecule has 2 aromatic rings. The van der Waals surface area contributed by atoms with E-state index in [1.165, 1.54) is 4.90 Å². The van der Waals surface area contributed by atoms with Crippen LogP contribution in [-0.2, 0) is 0 Å². The van der Waals surface area contributed by atoms with Crippen LogP contribution in [-0.4, -0.2) is 15.9 Å². The molecule has 0 aliphatic carbocycles. The van der Waals surface area contributed by atoms with E-state index >= 15 is 0 Å². The first-order chi connectivity index (χ1) is 9.09. The van der Waals surface area contributed by atoms with Crippen LogP contribution >= 0.6 is 27.3 Å². The minimum Gasteiger partial charge on any atom is -0.369 e. The standard InChI is InChI=1S/C14H12BrNO2S/c1-8(11-6-7-12(15)19-11)16-13(17)9-4-2-3-5-10(9)14(16)18/h2-8,13,17H,1H3. The highest BCUT2D eigenvalue weighted by Crippen LogP contribution is 2.40. The summed E-state index contributed by atoms with van der Waals surface area (Å²) < 4.78 is 1.02. The van der Waals surface area contributed by atoms with Gasteiger partial charge in [-0.15, -0.1) is 11.3 Å². The third-order valence-electron chi connectivity index (χ3n) is 3.39. The summed E-state index contributed by atoms with van der Waals surface area (Å²) in [7, 11) is 0. The maximum atomic E-state index is 12.4. The van der Waals surface area contributed by atoms with Crippen LogP contribution in [0.15, 0.2) is 40.2 Å². The summed E-state index contributed by atoms with van der Waals surface area (Å²) in [5.74, 6) is -0.111. The summed E-state index contributed by atoms with van der Waals surface area (Å²) in [4.78, 5) is 15.0. The van der Waals surface area contributed by atoms with Crippen molar-refractivity contribution in [1.82, 2.24) is 4.90 Å². The molecule has 1 aromatic heterocycles. The van der Waals surface area contributed by atoms with Gasteiger partial charge in [0.25, 0.3) is 5.91 Å². The third kappa shape index (κ3) is 2.02. The molecule has 98 valence electrons. The fourth-order valence-electron chi connectivity index (χ4n) is 2.39. The van der Waals surface area contributed by atoms with Crippen LogP contribution in [0.4, 0.5) is 0 Å². The molecule has 2 heterocycles. The number of amides is 1. The second-order valence-corrected chi connectivity index (χ2v) is 6.99. The Hall–Kier alpha value is -1.17. The predicted octanol–water partition coefficient (Wildman–Crippen LogP) is 3.72. The fourth-order valence-corrected chi connectivity index (χ4v) is 3.87. The highest BCUT2D eigenvalue weighted by molar-refractivity contribution is 9.11. The first-order valence-electron chi connectivity index (χ1n) is 5.94. The summed E-state index contributed by atoms with van der Waals surface area (Å²) in [6.45, 7) is 1.94. The first-order valence-corrected chi connectivity index (χ1v) is 7.55. The molecule has 1 amide bonds. The second kappa shape index (κ2) is 4.74. The fraction of sp³-hybridized carbons (Fsp3) is 0.214. The molecule has 0 bridgehead atoms. The van der Waals surface area contributed by atoms with Crippen molar-refractivity contribution >= 4 is 33.2 Å². The third-order valence-corrected chi connectivity index (χ3v) is 5.18. The lowest BCUT2D eigenvalue weighted by Crippen LogP contribution is -2.30. The number of thiophene rings is 1. The minimum atomic E-state index is -0.862. The Morgan fingerprint density at radius 2 is 2.05 bits per heavy atom. The molecule has 0 fully saturated rings. The normalized spacial score (nSPS) is 19.6. The Labute approximate surface area is 123 Å². The summed E-state index contributed by atoms with van der Waals surface area (Å²) in [5.41, 5.74) is 1.28. The number of aliphatic hydroxyl groups excluding tert-OH is 1. The van der Waals surface area contributed by atoms with Crippen LogP contribution in [0, 0.1) is 0 Å². The molecule has 19 heavy (non-hydrogen) atoms. The van der Waals surface area contributed by atoms with Crippen molar-refractivity contribution in [3.05, 3.63) is 56.2 Å². The van der Waals surface area contributed by atoms with E-state index in [0.717, 1.165) is 8.66 Å². The molecule has 2 atom stereocenters. The highest BCUT2D eigenvalue weighted by atomic mass is 79.9. The van der Waals surface area contributed by atoms with E-state index < -0.39 is 6.23 Å². The van der Waals surface area contributed by atoms with Crippen LogP contribution in [0.1, 0.15) is 40.0 Å². The molecule has 1 aliphatic heterocycles. The number of halogens is 1. The zero-order valence-corrected chi connectivity index (χ0v) is 12.6. The van der Waals surface area contributed by atoms with E-state index in [1.807, 2.05) is 31.2 Å². The van der Waals surface area contributed by atoms with E-state index in [4.69, 9.17) is 0 Å². The van der Waals surface area contributed by atoms with E-state index in [9.17, 15) is 9.90 Å². The summed E-state index contributed by atoms with van der Waals surface area (Å²) in [6, 6.07) is 11.0. The van der Waals surface area contributed by atoms with Gasteiger partial charge in [0, 0.05) is 16.0 Å². The van der Waals surface area contributed by atoms with E-state index in [0.29, 0.717) is 11.1 Å². The molecule has 2 unspecified atom stereocenters. The smallest absolute Gasteiger partial charge is 0.257 e. The van der Waals surface area contributed by atoms with Gasteiger partial charge in [0.2, 0.25) is 0 Å².